The van der Waals surface area contributed by atoms with Gasteiger partial charge < -0.3 is 35.0 Å². The Kier molecular flexibility index (Phi) is 14.8. The van der Waals surface area contributed by atoms with Crippen molar-refractivity contribution >= 4 is 71.7 Å². The molecule has 8 rings (SSSR count). The molecule has 0 radical (unpaired) electrons. The maximum Gasteiger partial charge on any atom is 0.222 e. The van der Waals surface area contributed by atoms with E-state index in [1.165, 1.54) is 5.56 Å². The number of ether oxygens (including phenoxy) is 2. The fourth-order valence-electron chi connectivity index (χ4n) is 6.39. The quantitative estimate of drug-likeness (QED) is 0.0660. The summed E-state index contributed by atoms with van der Waals surface area (Å²) in [5.41, 5.74) is 6.45. The summed E-state index contributed by atoms with van der Waals surface area (Å²) in [6.45, 7) is 6.34. The molecular formula is C43H44Br2ClN9O3. The number of pyridine rings is 2. The first-order valence-corrected chi connectivity index (χ1v) is 21.3. The third-order valence-electron chi connectivity index (χ3n) is 9.42. The van der Waals surface area contributed by atoms with Gasteiger partial charge in [-0.2, -0.15) is 0 Å². The highest BCUT2D eigenvalue weighted by Gasteiger charge is 2.18. The van der Waals surface area contributed by atoms with Gasteiger partial charge >= 0.3 is 0 Å². The van der Waals surface area contributed by atoms with E-state index in [9.17, 15) is 4.79 Å². The van der Waals surface area contributed by atoms with Crippen LogP contribution >= 0.6 is 43.5 Å². The number of aromatic nitrogens is 6. The predicted octanol–water partition coefficient (Wildman–Crippen LogP) is 8.62. The molecule has 300 valence electrons. The number of aromatic amines is 2. The Morgan fingerprint density at radius 3 is 1.76 bits per heavy atom. The lowest BCUT2D eigenvalue weighted by atomic mass is 10.1. The van der Waals surface area contributed by atoms with Gasteiger partial charge in [-0.1, -0.05) is 23.7 Å². The Hall–Kier alpha value is -4.86. The number of hydrogen-bond acceptors (Lipinski definition) is 9. The zero-order chi connectivity index (χ0) is 40.1. The molecule has 12 nitrogen and oxygen atoms in total. The Balaban J connectivity index is 0.000000177. The average Bonchev–Trinajstić information content (AvgIpc) is 3.98. The third kappa shape index (κ3) is 11.9. The molecule has 0 spiro atoms. The van der Waals surface area contributed by atoms with E-state index in [0.717, 1.165) is 118 Å². The second-order valence-corrected chi connectivity index (χ2v) is 15.9. The molecule has 4 aromatic heterocycles. The van der Waals surface area contributed by atoms with Gasteiger partial charge in [0, 0.05) is 70.1 Å². The molecule has 4 N–H and O–H groups in total. The van der Waals surface area contributed by atoms with Crippen LogP contribution < -0.4 is 20.1 Å². The summed E-state index contributed by atoms with van der Waals surface area (Å²) in [6, 6.07) is 27.7. The molecule has 0 atom stereocenters. The Labute approximate surface area is 358 Å². The molecule has 0 saturated carbocycles. The van der Waals surface area contributed by atoms with Crippen LogP contribution in [0.25, 0.3) is 45.1 Å². The molecule has 0 bridgehead atoms. The van der Waals surface area contributed by atoms with Gasteiger partial charge in [-0.05, 0) is 143 Å². The van der Waals surface area contributed by atoms with Crippen LogP contribution in [0.3, 0.4) is 0 Å². The second kappa shape index (κ2) is 20.7. The third-order valence-corrected chi connectivity index (χ3v) is 10.5. The summed E-state index contributed by atoms with van der Waals surface area (Å²) >= 11 is 12.7. The van der Waals surface area contributed by atoms with Crippen molar-refractivity contribution in [3.05, 3.63) is 117 Å². The summed E-state index contributed by atoms with van der Waals surface area (Å²) in [6.07, 6.45) is 7.14. The summed E-state index contributed by atoms with van der Waals surface area (Å²) < 4.78 is 13.4. The first-order chi connectivity index (χ1) is 28.4. The van der Waals surface area contributed by atoms with E-state index < -0.39 is 0 Å². The number of hydrogen-bond donors (Lipinski definition) is 4. The molecule has 5 heterocycles. The first kappa shape index (κ1) is 41.3. The van der Waals surface area contributed by atoms with E-state index in [2.05, 4.69) is 84.5 Å². The molecule has 15 heteroatoms. The lowest BCUT2D eigenvalue weighted by Gasteiger charge is -2.15. The van der Waals surface area contributed by atoms with Crippen LogP contribution in [0.5, 0.6) is 11.5 Å². The van der Waals surface area contributed by atoms with E-state index >= 15 is 0 Å². The lowest BCUT2D eigenvalue weighted by molar-refractivity contribution is -0.127. The molecule has 58 heavy (non-hydrogen) atoms. The number of carbonyl (C=O) groups excluding carboxylic acids is 1. The molecule has 1 aliphatic rings. The minimum atomic E-state index is 0.295. The van der Waals surface area contributed by atoms with Crippen LogP contribution in [0.2, 0.25) is 5.02 Å². The fraction of sp³-hybridized carbons (Fsp3) is 0.279. The van der Waals surface area contributed by atoms with Crippen LogP contribution in [0.4, 0.5) is 0 Å². The molecule has 7 aromatic rings. The van der Waals surface area contributed by atoms with Crippen molar-refractivity contribution in [2.75, 3.05) is 52.5 Å². The van der Waals surface area contributed by atoms with Crippen LogP contribution in [-0.4, -0.2) is 93.2 Å². The molecule has 0 unspecified atom stereocenters. The smallest absolute Gasteiger partial charge is 0.222 e. The van der Waals surface area contributed by atoms with Crippen molar-refractivity contribution in [2.24, 2.45) is 0 Å². The summed E-state index contributed by atoms with van der Waals surface area (Å²) in [5.74, 6) is 3.54. The number of benzene rings is 3. The standard InChI is InChI=1S/C22H20BrClN4O.C21H24BrN5O2/c23-17-13-20-22(26-14-17)28-21(27-20)16-3-7-19(8-4-16)29-12-11-25-10-9-15-1-5-18(24)6-2-15;22-16-13-18-21(24-14-16)26-20(25-18)15-4-6-17(7-5-15)29-12-9-23-8-2-11-27-10-1-3-19(27)28/h1-8,13-14,25H,9-12H2,(H,26,27,28);4-7,13-14,23H,1-3,8-12H2,(H,24,25,26). The van der Waals surface area contributed by atoms with E-state index in [0.29, 0.717) is 36.8 Å². The van der Waals surface area contributed by atoms with E-state index in [4.69, 9.17) is 21.1 Å². The minimum absolute atomic E-state index is 0.295. The van der Waals surface area contributed by atoms with Crippen molar-refractivity contribution < 1.29 is 14.3 Å². The topological polar surface area (TPSA) is 146 Å². The second-order valence-electron chi connectivity index (χ2n) is 13.7. The van der Waals surface area contributed by atoms with Gasteiger partial charge in [-0.15, -0.1) is 0 Å². The number of carbonyl (C=O) groups is 1. The lowest BCUT2D eigenvalue weighted by Crippen LogP contribution is -2.29. The zero-order valence-electron chi connectivity index (χ0n) is 31.8. The number of H-pyrrole nitrogens is 2. The van der Waals surface area contributed by atoms with Crippen molar-refractivity contribution in [1.82, 2.24) is 45.4 Å². The summed E-state index contributed by atoms with van der Waals surface area (Å²) in [4.78, 5) is 37.8. The number of amides is 1. The van der Waals surface area contributed by atoms with Gasteiger partial charge in [0.2, 0.25) is 5.91 Å². The number of likely N-dealkylation sites (tertiary alicyclic amines) is 1. The van der Waals surface area contributed by atoms with Crippen molar-refractivity contribution in [2.45, 2.75) is 25.7 Å². The van der Waals surface area contributed by atoms with Crippen LogP contribution in [0.1, 0.15) is 24.8 Å². The van der Waals surface area contributed by atoms with Crippen LogP contribution in [0, 0.1) is 0 Å². The normalized spacial score (nSPS) is 12.6. The number of rotatable bonds is 17. The van der Waals surface area contributed by atoms with Gasteiger partial charge in [0.25, 0.3) is 0 Å². The van der Waals surface area contributed by atoms with Gasteiger partial charge in [-0.3, -0.25) is 4.79 Å². The van der Waals surface area contributed by atoms with Crippen molar-refractivity contribution in [3.8, 4) is 34.3 Å². The SMILES string of the molecule is Clc1ccc(CCNCCOc2ccc(-c3nc4ncc(Br)cc4[nH]3)cc2)cc1.O=C1CCCN1CCCNCCOc1ccc(-c2nc3ncc(Br)cc3[nH]2)cc1. The molecule has 0 aliphatic carbocycles. The largest absolute Gasteiger partial charge is 0.492 e. The van der Waals surface area contributed by atoms with E-state index in [1.54, 1.807) is 12.4 Å². The maximum absolute atomic E-state index is 11.5. The molecule has 1 fully saturated rings. The Morgan fingerprint density at radius 2 is 1.24 bits per heavy atom. The minimum Gasteiger partial charge on any atom is -0.492 e. The highest BCUT2D eigenvalue weighted by atomic mass is 79.9. The number of nitrogens with one attached hydrogen (secondary N) is 4. The summed E-state index contributed by atoms with van der Waals surface area (Å²) in [7, 11) is 0. The van der Waals surface area contributed by atoms with Crippen LogP contribution in [0.15, 0.2) is 106 Å². The fourth-order valence-corrected chi connectivity index (χ4v) is 7.18. The molecule has 3 aromatic carbocycles. The van der Waals surface area contributed by atoms with Gasteiger partial charge in [0.1, 0.15) is 36.4 Å². The molecule has 1 saturated heterocycles. The monoisotopic (exact) mass is 927 g/mol. The highest BCUT2D eigenvalue weighted by molar-refractivity contribution is 9.10. The van der Waals surface area contributed by atoms with Gasteiger partial charge in [0.15, 0.2) is 11.3 Å². The number of fused-ring (bicyclic) bond motifs is 2. The Morgan fingerprint density at radius 1 is 0.707 bits per heavy atom. The van der Waals surface area contributed by atoms with Crippen molar-refractivity contribution in [1.29, 1.82) is 0 Å². The van der Waals surface area contributed by atoms with E-state index in [-0.39, 0.29) is 0 Å². The molecule has 1 amide bonds. The number of nitrogens with zero attached hydrogens (tertiary/aromatic N) is 5. The summed E-state index contributed by atoms with van der Waals surface area (Å²) in [5, 5.41) is 7.52. The average molecular weight is 930 g/mol. The van der Waals surface area contributed by atoms with Gasteiger partial charge in [0.05, 0.1) is 11.0 Å². The highest BCUT2D eigenvalue weighted by Crippen LogP contribution is 2.25. The number of halogens is 3. The van der Waals surface area contributed by atoms with Gasteiger partial charge in [-0.25, -0.2) is 19.9 Å². The number of imidazole rings is 2. The maximum atomic E-state index is 11.5. The molecular weight excluding hydrogens is 886 g/mol. The zero-order valence-corrected chi connectivity index (χ0v) is 35.7. The predicted molar refractivity (Wildman–Crippen MR) is 236 cm³/mol. The van der Waals surface area contributed by atoms with Crippen molar-refractivity contribution in [3.63, 3.8) is 0 Å². The van der Waals surface area contributed by atoms with E-state index in [1.807, 2.05) is 77.7 Å². The first-order valence-electron chi connectivity index (χ1n) is 19.3. The van der Waals surface area contributed by atoms with Crippen LogP contribution in [-0.2, 0) is 11.2 Å². The molecule has 1 aliphatic heterocycles. The Bertz CT molecular complexity index is 2390.